The second kappa shape index (κ2) is 4.89. The zero-order valence-corrected chi connectivity index (χ0v) is 10.7. The van der Waals surface area contributed by atoms with Gasteiger partial charge in [-0.25, -0.2) is 4.39 Å². The van der Waals surface area contributed by atoms with Gasteiger partial charge in [0.15, 0.2) is 0 Å². The van der Waals surface area contributed by atoms with Gasteiger partial charge in [-0.15, -0.1) is 12.3 Å². The van der Waals surface area contributed by atoms with E-state index in [9.17, 15) is 9.18 Å². The zero-order chi connectivity index (χ0) is 12.4. The van der Waals surface area contributed by atoms with Gasteiger partial charge < -0.3 is 4.90 Å². The minimum Gasteiger partial charge on any atom is -0.337 e. The monoisotopic (exact) mass is 295 g/mol. The number of carbonyl (C=O) groups is 1. The van der Waals surface area contributed by atoms with Crippen molar-refractivity contribution >= 4 is 21.8 Å². The number of nitrogens with zero attached hydrogens (tertiary/aromatic N) is 1. The maximum absolute atomic E-state index is 13.1. The number of likely N-dealkylation sites (tertiary alicyclic amines) is 1. The number of carbonyl (C=O) groups excluding carboxylic acids is 1. The molecule has 1 aromatic carbocycles. The molecule has 2 rings (SSSR count). The largest absolute Gasteiger partial charge is 0.337 e. The summed E-state index contributed by atoms with van der Waals surface area (Å²) in [7, 11) is 0. The van der Waals surface area contributed by atoms with Crippen LogP contribution in [0.1, 0.15) is 12.0 Å². The summed E-state index contributed by atoms with van der Waals surface area (Å²) < 4.78 is 13.5. The minimum atomic E-state index is -0.303. The van der Waals surface area contributed by atoms with Crippen LogP contribution in [-0.2, 0) is 11.3 Å². The fourth-order valence-electron chi connectivity index (χ4n) is 1.90. The van der Waals surface area contributed by atoms with Crippen LogP contribution in [0.3, 0.4) is 0 Å². The van der Waals surface area contributed by atoms with E-state index in [-0.39, 0.29) is 17.6 Å². The fraction of sp³-hybridized carbons (Fsp3) is 0.308. The van der Waals surface area contributed by atoms with Crippen molar-refractivity contribution in [1.82, 2.24) is 4.90 Å². The number of rotatable bonds is 2. The number of halogens is 2. The van der Waals surface area contributed by atoms with Gasteiger partial charge >= 0.3 is 0 Å². The van der Waals surface area contributed by atoms with Crippen molar-refractivity contribution in [3.63, 3.8) is 0 Å². The van der Waals surface area contributed by atoms with Gasteiger partial charge in [0.25, 0.3) is 0 Å². The summed E-state index contributed by atoms with van der Waals surface area (Å²) in [6, 6.07) is 4.75. The Morgan fingerprint density at radius 1 is 1.59 bits per heavy atom. The number of benzene rings is 1. The van der Waals surface area contributed by atoms with Gasteiger partial charge in [0.2, 0.25) is 5.91 Å². The molecule has 1 unspecified atom stereocenters. The number of terminal acetylenes is 1. The van der Waals surface area contributed by atoms with Gasteiger partial charge in [0.05, 0.1) is 4.47 Å². The topological polar surface area (TPSA) is 20.3 Å². The molecule has 1 fully saturated rings. The highest BCUT2D eigenvalue weighted by atomic mass is 79.9. The van der Waals surface area contributed by atoms with Crippen LogP contribution in [0, 0.1) is 24.1 Å². The molecule has 1 saturated heterocycles. The van der Waals surface area contributed by atoms with Crippen molar-refractivity contribution in [2.45, 2.75) is 13.0 Å². The first-order valence-corrected chi connectivity index (χ1v) is 6.07. The average molecular weight is 296 g/mol. The van der Waals surface area contributed by atoms with Gasteiger partial charge in [0, 0.05) is 25.4 Å². The quantitative estimate of drug-likeness (QED) is 0.768. The molecule has 0 aromatic heterocycles. The van der Waals surface area contributed by atoms with Crippen LogP contribution in [-0.4, -0.2) is 17.4 Å². The zero-order valence-electron chi connectivity index (χ0n) is 9.12. The summed E-state index contributed by atoms with van der Waals surface area (Å²) in [4.78, 5) is 13.4. The van der Waals surface area contributed by atoms with Crippen molar-refractivity contribution in [2.24, 2.45) is 5.92 Å². The van der Waals surface area contributed by atoms with Gasteiger partial charge in [-0.05, 0) is 33.6 Å². The maximum Gasteiger partial charge on any atom is 0.224 e. The Kier molecular flexibility index (Phi) is 3.49. The molecular formula is C13H11BrFNO. The molecule has 1 aliphatic heterocycles. The number of amides is 1. The second-order valence-electron chi connectivity index (χ2n) is 4.09. The van der Waals surface area contributed by atoms with Crippen molar-refractivity contribution in [1.29, 1.82) is 0 Å². The molecule has 1 heterocycles. The summed E-state index contributed by atoms with van der Waals surface area (Å²) >= 11 is 3.13. The van der Waals surface area contributed by atoms with Gasteiger partial charge in [-0.1, -0.05) is 6.07 Å². The average Bonchev–Trinajstić information content (AvgIpc) is 2.65. The molecule has 1 amide bonds. The third kappa shape index (κ3) is 2.67. The lowest BCUT2D eigenvalue weighted by molar-refractivity contribution is -0.128. The lowest BCUT2D eigenvalue weighted by Gasteiger charge is -2.16. The third-order valence-corrected chi connectivity index (χ3v) is 3.42. The highest BCUT2D eigenvalue weighted by Crippen LogP contribution is 2.22. The first kappa shape index (κ1) is 12.1. The van der Waals surface area contributed by atoms with Crippen molar-refractivity contribution < 1.29 is 9.18 Å². The van der Waals surface area contributed by atoms with E-state index in [4.69, 9.17) is 6.42 Å². The molecule has 1 aromatic rings. The highest BCUT2D eigenvalue weighted by Gasteiger charge is 2.28. The van der Waals surface area contributed by atoms with E-state index in [0.29, 0.717) is 24.0 Å². The molecule has 2 nitrogen and oxygen atoms in total. The first-order chi connectivity index (χ1) is 8.10. The lowest BCUT2D eigenvalue weighted by atomic mass is 10.1. The summed E-state index contributed by atoms with van der Waals surface area (Å²) in [5.41, 5.74) is 0.893. The predicted octanol–water partition coefficient (Wildman–Crippen LogP) is 2.57. The van der Waals surface area contributed by atoms with E-state index in [1.807, 2.05) is 0 Å². The van der Waals surface area contributed by atoms with E-state index in [1.54, 1.807) is 17.0 Å². The number of hydrogen-bond acceptors (Lipinski definition) is 1. The van der Waals surface area contributed by atoms with Crippen molar-refractivity contribution in [3.05, 3.63) is 34.1 Å². The molecule has 4 heteroatoms. The Morgan fingerprint density at radius 3 is 2.94 bits per heavy atom. The Morgan fingerprint density at radius 2 is 2.35 bits per heavy atom. The summed E-state index contributed by atoms with van der Waals surface area (Å²) in [6.07, 6.45) is 5.73. The van der Waals surface area contributed by atoms with Crippen LogP contribution in [0.4, 0.5) is 4.39 Å². The standard InChI is InChI=1S/C13H11BrFNO/c1-2-9-6-13(17)16(7-9)8-10-3-4-12(15)11(14)5-10/h1,3-5,9H,6-8H2. The molecule has 0 bridgehead atoms. The highest BCUT2D eigenvalue weighted by molar-refractivity contribution is 9.10. The van der Waals surface area contributed by atoms with Crippen LogP contribution in [0.25, 0.3) is 0 Å². The Bertz CT molecular complexity index is 495. The minimum absolute atomic E-state index is 0.00592. The van der Waals surface area contributed by atoms with E-state index in [0.717, 1.165) is 5.56 Å². The molecule has 0 N–H and O–H groups in total. The van der Waals surface area contributed by atoms with Crippen molar-refractivity contribution in [3.8, 4) is 12.3 Å². The van der Waals surface area contributed by atoms with E-state index in [1.165, 1.54) is 6.07 Å². The van der Waals surface area contributed by atoms with Crippen LogP contribution < -0.4 is 0 Å². The molecule has 1 aliphatic rings. The molecule has 0 saturated carbocycles. The van der Waals surface area contributed by atoms with Crippen LogP contribution in [0.15, 0.2) is 22.7 Å². The van der Waals surface area contributed by atoms with E-state index >= 15 is 0 Å². The van der Waals surface area contributed by atoms with E-state index in [2.05, 4.69) is 21.9 Å². The molecule has 0 spiro atoms. The summed E-state index contributed by atoms with van der Waals surface area (Å²) in [5.74, 6) is 2.37. The van der Waals surface area contributed by atoms with Crippen LogP contribution in [0.2, 0.25) is 0 Å². The molecule has 0 aliphatic carbocycles. The summed E-state index contributed by atoms with van der Waals surface area (Å²) in [5, 5.41) is 0. The van der Waals surface area contributed by atoms with Gasteiger partial charge in [-0.3, -0.25) is 4.79 Å². The number of hydrogen-bond donors (Lipinski definition) is 0. The van der Waals surface area contributed by atoms with Crippen LogP contribution >= 0.6 is 15.9 Å². The smallest absolute Gasteiger partial charge is 0.224 e. The van der Waals surface area contributed by atoms with E-state index < -0.39 is 0 Å². The Labute approximate surface area is 108 Å². The SMILES string of the molecule is C#CC1CC(=O)N(Cc2ccc(F)c(Br)c2)C1. The van der Waals surface area contributed by atoms with Crippen molar-refractivity contribution in [2.75, 3.05) is 6.54 Å². The fourth-order valence-corrected chi connectivity index (χ4v) is 2.32. The first-order valence-electron chi connectivity index (χ1n) is 5.28. The van der Waals surface area contributed by atoms with Crippen LogP contribution in [0.5, 0.6) is 0 Å². The molecule has 88 valence electrons. The maximum atomic E-state index is 13.1. The molecule has 1 atom stereocenters. The summed E-state index contributed by atoms with van der Waals surface area (Å²) in [6.45, 7) is 1.07. The predicted molar refractivity (Wildman–Crippen MR) is 66.5 cm³/mol. The Balaban J connectivity index is 2.09. The Hall–Kier alpha value is -1.34. The van der Waals surface area contributed by atoms with Gasteiger partial charge in [0.1, 0.15) is 5.82 Å². The molecular weight excluding hydrogens is 285 g/mol. The third-order valence-electron chi connectivity index (χ3n) is 2.81. The molecule has 17 heavy (non-hydrogen) atoms. The van der Waals surface area contributed by atoms with Gasteiger partial charge in [-0.2, -0.15) is 0 Å². The lowest BCUT2D eigenvalue weighted by Crippen LogP contribution is -2.24. The molecule has 0 radical (unpaired) electrons. The normalized spacial score (nSPS) is 19.5. The second-order valence-corrected chi connectivity index (χ2v) is 4.94.